The molecule has 0 spiro atoms. The number of hydrogen-bond acceptors (Lipinski definition) is 2. The first-order chi connectivity index (χ1) is 3.93. The van der Waals surface area contributed by atoms with Crippen LogP contribution in [0.3, 0.4) is 0 Å². The summed E-state index contributed by atoms with van der Waals surface area (Å²) in [4.78, 5) is 0. The van der Waals surface area contributed by atoms with Gasteiger partial charge < -0.3 is 10.4 Å². The van der Waals surface area contributed by atoms with Crippen molar-refractivity contribution < 1.29 is 5.11 Å². The van der Waals surface area contributed by atoms with Crippen molar-refractivity contribution in [3.05, 3.63) is 12.2 Å². The average Bonchev–Trinajstić information content (AvgIpc) is 1.90. The van der Waals surface area contributed by atoms with Gasteiger partial charge in [-0.3, -0.25) is 0 Å². The van der Waals surface area contributed by atoms with E-state index in [1.807, 2.05) is 6.08 Å². The summed E-state index contributed by atoms with van der Waals surface area (Å²) in [7, 11) is 0. The molecule has 0 bridgehead atoms. The van der Waals surface area contributed by atoms with Gasteiger partial charge in [0.15, 0.2) is 0 Å². The predicted molar refractivity (Wildman–Crippen MR) is 32.6 cm³/mol. The van der Waals surface area contributed by atoms with Crippen molar-refractivity contribution in [1.82, 2.24) is 5.32 Å². The number of aliphatic hydroxyl groups excluding tert-OH is 1. The molecular weight excluding hydrogens is 102 g/mol. The van der Waals surface area contributed by atoms with Crippen LogP contribution in [-0.2, 0) is 0 Å². The lowest BCUT2D eigenvalue weighted by atomic mass is 10.1. The molecule has 1 aliphatic heterocycles. The zero-order valence-corrected chi connectivity index (χ0v) is 4.80. The highest BCUT2D eigenvalue weighted by Gasteiger charge is 2.03. The van der Waals surface area contributed by atoms with Crippen molar-refractivity contribution in [2.45, 2.75) is 0 Å². The van der Waals surface area contributed by atoms with Crippen LogP contribution in [0.1, 0.15) is 0 Å². The van der Waals surface area contributed by atoms with Crippen LogP contribution in [0.15, 0.2) is 12.2 Å². The van der Waals surface area contributed by atoms with E-state index < -0.39 is 0 Å². The third-order valence-corrected chi connectivity index (χ3v) is 1.31. The molecule has 0 radical (unpaired) electrons. The molecule has 0 aromatic carbocycles. The lowest BCUT2D eigenvalue weighted by molar-refractivity contribution is 0.247. The average molecular weight is 113 g/mol. The Bertz CT molecular complexity index is 90.5. The van der Waals surface area contributed by atoms with Gasteiger partial charge in [-0.2, -0.15) is 0 Å². The summed E-state index contributed by atoms with van der Waals surface area (Å²) in [5.74, 6) is 0.351. The molecule has 0 saturated carbocycles. The maximum Gasteiger partial charge on any atom is 0.0506 e. The van der Waals surface area contributed by atoms with Crippen molar-refractivity contribution in [2.75, 3.05) is 19.7 Å². The summed E-state index contributed by atoms with van der Waals surface area (Å²) in [5, 5.41) is 11.7. The van der Waals surface area contributed by atoms with Gasteiger partial charge in [0.1, 0.15) is 0 Å². The van der Waals surface area contributed by atoms with E-state index in [-0.39, 0.29) is 6.61 Å². The molecule has 1 rings (SSSR count). The van der Waals surface area contributed by atoms with Crippen molar-refractivity contribution in [3.8, 4) is 0 Å². The molecule has 1 unspecified atom stereocenters. The van der Waals surface area contributed by atoms with Gasteiger partial charge in [-0.15, -0.1) is 0 Å². The fourth-order valence-corrected chi connectivity index (χ4v) is 0.806. The molecule has 1 heterocycles. The van der Waals surface area contributed by atoms with Crippen LogP contribution in [-0.4, -0.2) is 24.8 Å². The monoisotopic (exact) mass is 113 g/mol. The third kappa shape index (κ3) is 1.32. The van der Waals surface area contributed by atoms with Crippen molar-refractivity contribution in [1.29, 1.82) is 0 Å². The largest absolute Gasteiger partial charge is 0.396 e. The SMILES string of the molecule is OCC1C=CCNC1. The Morgan fingerprint density at radius 3 is 3.00 bits per heavy atom. The van der Waals surface area contributed by atoms with Gasteiger partial charge in [0.2, 0.25) is 0 Å². The van der Waals surface area contributed by atoms with E-state index in [4.69, 9.17) is 5.11 Å². The summed E-state index contributed by atoms with van der Waals surface area (Å²) in [6, 6.07) is 0. The number of hydrogen-bond donors (Lipinski definition) is 2. The molecule has 0 aromatic rings. The second-order valence-corrected chi connectivity index (χ2v) is 2.03. The van der Waals surface area contributed by atoms with Crippen LogP contribution in [0.5, 0.6) is 0 Å². The van der Waals surface area contributed by atoms with Crippen LogP contribution in [0.25, 0.3) is 0 Å². The molecule has 0 saturated heterocycles. The molecule has 46 valence electrons. The molecular formula is C6H11NO. The number of rotatable bonds is 1. The lowest BCUT2D eigenvalue weighted by Crippen LogP contribution is -2.27. The highest BCUT2D eigenvalue weighted by Crippen LogP contribution is 1.98. The molecule has 8 heavy (non-hydrogen) atoms. The smallest absolute Gasteiger partial charge is 0.0506 e. The fourth-order valence-electron chi connectivity index (χ4n) is 0.806. The first-order valence-corrected chi connectivity index (χ1v) is 2.91. The van der Waals surface area contributed by atoms with E-state index in [0.717, 1.165) is 13.1 Å². The fraction of sp³-hybridized carbons (Fsp3) is 0.667. The lowest BCUT2D eigenvalue weighted by Gasteiger charge is -2.13. The zero-order valence-electron chi connectivity index (χ0n) is 4.80. The van der Waals surface area contributed by atoms with Gasteiger partial charge >= 0.3 is 0 Å². The van der Waals surface area contributed by atoms with Gasteiger partial charge in [0, 0.05) is 19.0 Å². The molecule has 0 aromatic heterocycles. The van der Waals surface area contributed by atoms with Crippen LogP contribution in [0.4, 0.5) is 0 Å². The highest BCUT2D eigenvalue weighted by atomic mass is 16.3. The Balaban J connectivity index is 2.32. The van der Waals surface area contributed by atoms with Gasteiger partial charge in [-0.25, -0.2) is 0 Å². The van der Waals surface area contributed by atoms with Crippen LogP contribution in [0.2, 0.25) is 0 Å². The minimum atomic E-state index is 0.267. The van der Waals surface area contributed by atoms with Gasteiger partial charge in [0.05, 0.1) is 6.61 Å². The third-order valence-electron chi connectivity index (χ3n) is 1.31. The van der Waals surface area contributed by atoms with Crippen molar-refractivity contribution in [2.24, 2.45) is 5.92 Å². The minimum absolute atomic E-state index is 0.267. The van der Waals surface area contributed by atoms with Gasteiger partial charge in [0.25, 0.3) is 0 Å². The first-order valence-electron chi connectivity index (χ1n) is 2.91. The Labute approximate surface area is 49.2 Å². The summed E-state index contributed by atoms with van der Waals surface area (Å²) < 4.78 is 0. The normalized spacial score (nSPS) is 28.4. The molecule has 2 N–H and O–H groups in total. The standard InChI is InChI=1S/C6H11NO/c8-5-6-2-1-3-7-4-6/h1-2,6-8H,3-5H2. The Morgan fingerprint density at radius 2 is 2.62 bits per heavy atom. The zero-order chi connectivity index (χ0) is 5.82. The van der Waals surface area contributed by atoms with Gasteiger partial charge in [-0.1, -0.05) is 12.2 Å². The van der Waals surface area contributed by atoms with E-state index in [2.05, 4.69) is 11.4 Å². The molecule has 0 amide bonds. The van der Waals surface area contributed by atoms with Crippen LogP contribution < -0.4 is 5.32 Å². The summed E-state index contributed by atoms with van der Waals surface area (Å²) in [5.41, 5.74) is 0. The quantitative estimate of drug-likeness (QED) is 0.460. The molecule has 2 nitrogen and oxygen atoms in total. The summed E-state index contributed by atoms with van der Waals surface area (Å²) >= 11 is 0. The second-order valence-electron chi connectivity index (χ2n) is 2.03. The maximum atomic E-state index is 8.60. The molecule has 0 aliphatic carbocycles. The second kappa shape index (κ2) is 2.84. The van der Waals surface area contributed by atoms with Gasteiger partial charge in [-0.05, 0) is 0 Å². The molecule has 1 atom stereocenters. The molecule has 0 fully saturated rings. The number of nitrogens with one attached hydrogen (secondary N) is 1. The van der Waals surface area contributed by atoms with Crippen LogP contribution in [0, 0.1) is 5.92 Å². The highest BCUT2D eigenvalue weighted by molar-refractivity contribution is 4.95. The Kier molecular flexibility index (Phi) is 2.06. The van der Waals surface area contributed by atoms with E-state index in [0.29, 0.717) is 5.92 Å². The predicted octanol–water partition coefficient (Wildman–Crippen LogP) is -0.246. The first kappa shape index (κ1) is 5.79. The van der Waals surface area contributed by atoms with E-state index in [1.54, 1.807) is 0 Å². The molecule has 2 heteroatoms. The topological polar surface area (TPSA) is 32.3 Å². The summed E-state index contributed by atoms with van der Waals surface area (Å²) in [6.07, 6.45) is 4.10. The minimum Gasteiger partial charge on any atom is -0.396 e. The van der Waals surface area contributed by atoms with Crippen molar-refractivity contribution >= 4 is 0 Å². The van der Waals surface area contributed by atoms with Crippen LogP contribution >= 0.6 is 0 Å². The summed E-state index contributed by atoms with van der Waals surface area (Å²) in [6.45, 7) is 2.15. The van der Waals surface area contributed by atoms with E-state index in [1.165, 1.54) is 0 Å². The van der Waals surface area contributed by atoms with E-state index in [9.17, 15) is 0 Å². The molecule has 1 aliphatic rings. The van der Waals surface area contributed by atoms with E-state index >= 15 is 0 Å². The number of aliphatic hydroxyl groups is 1. The Morgan fingerprint density at radius 1 is 1.75 bits per heavy atom. The van der Waals surface area contributed by atoms with Crippen molar-refractivity contribution in [3.63, 3.8) is 0 Å². The maximum absolute atomic E-state index is 8.60. The Hall–Kier alpha value is -0.340.